The molecule has 0 spiro atoms. The van der Waals surface area contributed by atoms with E-state index in [4.69, 9.17) is 5.11 Å². The third-order valence-electron chi connectivity index (χ3n) is 1.69. The van der Waals surface area contributed by atoms with Crippen molar-refractivity contribution in [1.82, 2.24) is 5.32 Å². The van der Waals surface area contributed by atoms with E-state index < -0.39 is 0 Å². The molecule has 3 N–H and O–H groups in total. The average Bonchev–Trinajstić information content (AvgIpc) is 2.11. The molecule has 0 radical (unpaired) electrons. The number of phenols is 2. The first kappa shape index (κ1) is 9.38. The van der Waals surface area contributed by atoms with Crippen LogP contribution in [0.25, 0.3) is 0 Å². The van der Waals surface area contributed by atoms with Gasteiger partial charge in [0.05, 0.1) is 0 Å². The SMILES string of the molecule is O=CNCCc1cc(O)ccc1O. The van der Waals surface area contributed by atoms with Gasteiger partial charge in [0.15, 0.2) is 0 Å². The first-order chi connectivity index (χ1) is 6.24. The average molecular weight is 181 g/mol. The smallest absolute Gasteiger partial charge is 0.207 e. The lowest BCUT2D eigenvalue weighted by Gasteiger charge is -2.03. The van der Waals surface area contributed by atoms with Gasteiger partial charge in [-0.1, -0.05) is 0 Å². The van der Waals surface area contributed by atoms with Crippen molar-refractivity contribution >= 4 is 6.41 Å². The normalized spacial score (nSPS) is 9.54. The number of hydrogen-bond acceptors (Lipinski definition) is 3. The lowest BCUT2D eigenvalue weighted by molar-refractivity contribution is -0.109. The predicted molar refractivity (Wildman–Crippen MR) is 47.5 cm³/mol. The van der Waals surface area contributed by atoms with E-state index in [1.165, 1.54) is 18.2 Å². The molecule has 70 valence electrons. The van der Waals surface area contributed by atoms with E-state index in [-0.39, 0.29) is 11.5 Å². The number of carbonyl (C=O) groups is 1. The van der Waals surface area contributed by atoms with Gasteiger partial charge in [-0.15, -0.1) is 0 Å². The van der Waals surface area contributed by atoms with E-state index >= 15 is 0 Å². The third kappa shape index (κ3) is 2.66. The fraction of sp³-hybridized carbons (Fsp3) is 0.222. The quantitative estimate of drug-likeness (QED) is 0.357. The topological polar surface area (TPSA) is 69.6 Å². The van der Waals surface area contributed by atoms with E-state index in [0.717, 1.165) is 0 Å². The molecule has 0 aromatic heterocycles. The highest BCUT2D eigenvalue weighted by Gasteiger charge is 2.01. The molecule has 0 aliphatic carbocycles. The van der Waals surface area contributed by atoms with Gasteiger partial charge in [0.2, 0.25) is 6.41 Å². The zero-order chi connectivity index (χ0) is 9.68. The largest absolute Gasteiger partial charge is 0.508 e. The first-order valence-corrected chi connectivity index (χ1v) is 3.92. The molecule has 1 aromatic rings. The number of benzene rings is 1. The second-order valence-corrected chi connectivity index (χ2v) is 2.63. The molecule has 4 nitrogen and oxygen atoms in total. The van der Waals surface area contributed by atoms with Crippen molar-refractivity contribution in [3.63, 3.8) is 0 Å². The maximum absolute atomic E-state index is 9.92. The van der Waals surface area contributed by atoms with Gasteiger partial charge in [-0.05, 0) is 30.2 Å². The van der Waals surface area contributed by atoms with Crippen molar-refractivity contribution in [3.8, 4) is 11.5 Å². The zero-order valence-corrected chi connectivity index (χ0v) is 7.03. The van der Waals surface area contributed by atoms with E-state index in [1.54, 1.807) is 0 Å². The third-order valence-corrected chi connectivity index (χ3v) is 1.69. The van der Waals surface area contributed by atoms with Gasteiger partial charge in [-0.25, -0.2) is 0 Å². The van der Waals surface area contributed by atoms with Crippen LogP contribution in [0.5, 0.6) is 11.5 Å². The molecule has 13 heavy (non-hydrogen) atoms. The molecule has 4 heteroatoms. The standard InChI is InChI=1S/C9H11NO3/c11-6-10-4-3-7-5-8(12)1-2-9(7)13/h1-2,5-6,12-13H,3-4H2,(H,10,11). The monoisotopic (exact) mass is 181 g/mol. The summed E-state index contributed by atoms with van der Waals surface area (Å²) in [5, 5.41) is 20.9. The van der Waals surface area contributed by atoms with Gasteiger partial charge in [0.25, 0.3) is 0 Å². The summed E-state index contributed by atoms with van der Waals surface area (Å²) in [7, 11) is 0. The van der Waals surface area contributed by atoms with E-state index in [1.807, 2.05) is 0 Å². The zero-order valence-electron chi connectivity index (χ0n) is 7.03. The van der Waals surface area contributed by atoms with Gasteiger partial charge >= 0.3 is 0 Å². The lowest BCUT2D eigenvalue weighted by atomic mass is 10.1. The number of carbonyl (C=O) groups excluding carboxylic acids is 1. The van der Waals surface area contributed by atoms with Gasteiger partial charge in [0, 0.05) is 6.54 Å². The predicted octanol–water partition coefficient (Wildman–Crippen LogP) is 0.386. The highest BCUT2D eigenvalue weighted by atomic mass is 16.3. The van der Waals surface area contributed by atoms with Crippen LogP contribution in [0.3, 0.4) is 0 Å². The van der Waals surface area contributed by atoms with Crippen molar-refractivity contribution in [3.05, 3.63) is 23.8 Å². The summed E-state index contributed by atoms with van der Waals surface area (Å²) in [6.07, 6.45) is 1.10. The summed E-state index contributed by atoms with van der Waals surface area (Å²) in [6, 6.07) is 4.30. The minimum absolute atomic E-state index is 0.110. The number of hydrogen-bond donors (Lipinski definition) is 3. The Labute approximate surface area is 75.8 Å². The summed E-state index contributed by atoms with van der Waals surface area (Å²) < 4.78 is 0. The van der Waals surface area contributed by atoms with Gasteiger partial charge in [-0.2, -0.15) is 0 Å². The van der Waals surface area contributed by atoms with Gasteiger partial charge in [-0.3, -0.25) is 4.79 Å². The molecular formula is C9H11NO3. The van der Waals surface area contributed by atoms with Crippen molar-refractivity contribution in [2.75, 3.05) is 6.54 Å². The Morgan fingerprint density at radius 3 is 2.85 bits per heavy atom. The van der Waals surface area contributed by atoms with Crippen molar-refractivity contribution in [2.24, 2.45) is 0 Å². The van der Waals surface area contributed by atoms with E-state index in [2.05, 4.69) is 5.32 Å². The maximum atomic E-state index is 9.92. The molecule has 0 saturated carbocycles. The molecule has 0 saturated heterocycles. The number of nitrogens with one attached hydrogen (secondary N) is 1. The molecule has 0 heterocycles. The van der Waals surface area contributed by atoms with Crippen LogP contribution in [0.1, 0.15) is 5.56 Å². The molecular weight excluding hydrogens is 170 g/mol. The first-order valence-electron chi connectivity index (χ1n) is 3.92. The Hall–Kier alpha value is -1.71. The molecule has 0 fully saturated rings. The Morgan fingerprint density at radius 2 is 2.15 bits per heavy atom. The van der Waals surface area contributed by atoms with Crippen LogP contribution in [0.15, 0.2) is 18.2 Å². The van der Waals surface area contributed by atoms with Crippen molar-refractivity contribution < 1.29 is 15.0 Å². The van der Waals surface area contributed by atoms with Crippen LogP contribution in [-0.4, -0.2) is 23.2 Å². The van der Waals surface area contributed by atoms with E-state index in [9.17, 15) is 9.90 Å². The fourth-order valence-electron chi connectivity index (χ4n) is 1.04. The number of amides is 1. The van der Waals surface area contributed by atoms with Crippen LogP contribution in [0, 0.1) is 0 Å². The summed E-state index contributed by atoms with van der Waals surface area (Å²) in [5.74, 6) is 0.240. The molecule has 1 amide bonds. The van der Waals surface area contributed by atoms with Crippen LogP contribution >= 0.6 is 0 Å². The van der Waals surface area contributed by atoms with Crippen molar-refractivity contribution in [2.45, 2.75) is 6.42 Å². The molecule has 1 rings (SSSR count). The Morgan fingerprint density at radius 1 is 1.38 bits per heavy atom. The summed E-state index contributed by atoms with van der Waals surface area (Å²) in [4.78, 5) is 9.92. The maximum Gasteiger partial charge on any atom is 0.207 e. The fourth-order valence-corrected chi connectivity index (χ4v) is 1.04. The van der Waals surface area contributed by atoms with Gasteiger partial charge < -0.3 is 15.5 Å². The second-order valence-electron chi connectivity index (χ2n) is 2.63. The number of phenolic OH excluding ortho intramolecular Hbond substituents is 2. The van der Waals surface area contributed by atoms with E-state index in [0.29, 0.717) is 24.9 Å². The molecule has 0 atom stereocenters. The molecule has 1 aromatic carbocycles. The van der Waals surface area contributed by atoms with Crippen molar-refractivity contribution in [1.29, 1.82) is 0 Å². The van der Waals surface area contributed by atoms with Gasteiger partial charge in [0.1, 0.15) is 11.5 Å². The highest BCUT2D eigenvalue weighted by molar-refractivity contribution is 5.46. The van der Waals surface area contributed by atoms with Crippen LogP contribution in [0.2, 0.25) is 0 Å². The summed E-state index contributed by atoms with van der Waals surface area (Å²) in [5.41, 5.74) is 0.620. The Bertz CT molecular complexity index is 299. The minimum Gasteiger partial charge on any atom is -0.508 e. The number of aromatic hydroxyl groups is 2. The van der Waals surface area contributed by atoms with Crippen LogP contribution in [0.4, 0.5) is 0 Å². The number of rotatable bonds is 4. The molecule has 0 aliphatic heterocycles. The summed E-state index contributed by atoms with van der Waals surface area (Å²) >= 11 is 0. The molecule has 0 aliphatic rings. The summed E-state index contributed by atoms with van der Waals surface area (Å²) in [6.45, 7) is 0.445. The molecule has 0 bridgehead atoms. The minimum atomic E-state index is 0.110. The lowest BCUT2D eigenvalue weighted by Crippen LogP contribution is -2.14. The Kier molecular flexibility index (Phi) is 3.14. The highest BCUT2D eigenvalue weighted by Crippen LogP contribution is 2.21. The van der Waals surface area contributed by atoms with Crippen LogP contribution < -0.4 is 5.32 Å². The Balaban J connectivity index is 2.64. The second kappa shape index (κ2) is 4.35. The molecule has 0 unspecified atom stereocenters. The van der Waals surface area contributed by atoms with Crippen LogP contribution in [-0.2, 0) is 11.2 Å².